The van der Waals surface area contributed by atoms with E-state index < -0.39 is 11.8 Å². The van der Waals surface area contributed by atoms with Crippen LogP contribution in [0, 0.1) is 6.92 Å². The van der Waals surface area contributed by atoms with Crippen LogP contribution >= 0.6 is 27.7 Å². The Morgan fingerprint density at radius 1 is 1.24 bits per heavy atom. The summed E-state index contributed by atoms with van der Waals surface area (Å²) in [5.74, 6) is -0.163. The molecule has 2 aromatic rings. The fourth-order valence-electron chi connectivity index (χ4n) is 1.82. The number of hydrogen-bond acceptors (Lipinski definition) is 6. The van der Waals surface area contributed by atoms with Gasteiger partial charge in [-0.3, -0.25) is 25.2 Å². The third-order valence-electron chi connectivity index (χ3n) is 2.88. The molecule has 0 fully saturated rings. The molecule has 3 N–H and O–H groups in total. The van der Waals surface area contributed by atoms with Crippen molar-refractivity contribution in [2.45, 2.75) is 6.92 Å². The van der Waals surface area contributed by atoms with Crippen LogP contribution in [0.3, 0.4) is 0 Å². The maximum absolute atomic E-state index is 11.9. The minimum atomic E-state index is -0.439. The summed E-state index contributed by atoms with van der Waals surface area (Å²) in [4.78, 5) is 35.3. The number of thioether (sulfide) groups is 1. The fraction of sp³-hybridized carbons (Fsp3) is 0.286. The van der Waals surface area contributed by atoms with Crippen molar-refractivity contribution in [1.82, 2.24) is 20.6 Å². The van der Waals surface area contributed by atoms with E-state index in [2.05, 4.69) is 37.3 Å². The largest absolute Gasteiger partial charge is 0.360 e. The molecule has 9 nitrogen and oxygen atoms in total. The first kappa shape index (κ1) is 19.1. The summed E-state index contributed by atoms with van der Waals surface area (Å²) in [5.41, 5.74) is 5.01. The van der Waals surface area contributed by atoms with E-state index in [1.807, 2.05) is 0 Å². The van der Waals surface area contributed by atoms with Gasteiger partial charge in [0.1, 0.15) is 11.5 Å². The average Bonchev–Trinajstić information content (AvgIpc) is 3.09. The molecular weight excluding hydrogens is 414 g/mol. The number of aryl methyl sites for hydroxylation is 2. The predicted molar refractivity (Wildman–Crippen MR) is 95.9 cm³/mol. The maximum atomic E-state index is 11.9. The van der Waals surface area contributed by atoms with Crippen LogP contribution in [0.15, 0.2) is 27.3 Å². The van der Waals surface area contributed by atoms with Crippen molar-refractivity contribution < 1.29 is 18.9 Å². The highest BCUT2D eigenvalue weighted by Crippen LogP contribution is 2.13. The normalized spacial score (nSPS) is 10.4. The van der Waals surface area contributed by atoms with Gasteiger partial charge < -0.3 is 14.4 Å². The number of rotatable bonds is 6. The van der Waals surface area contributed by atoms with Gasteiger partial charge in [-0.05, 0) is 28.9 Å². The van der Waals surface area contributed by atoms with Crippen LogP contribution in [0.1, 0.15) is 16.2 Å². The van der Waals surface area contributed by atoms with Gasteiger partial charge in [0.25, 0.3) is 5.91 Å². The second kappa shape index (κ2) is 8.72. The highest BCUT2D eigenvalue weighted by atomic mass is 79.9. The van der Waals surface area contributed by atoms with Crippen molar-refractivity contribution >= 4 is 51.2 Å². The van der Waals surface area contributed by atoms with E-state index in [0.29, 0.717) is 17.3 Å². The predicted octanol–water partition coefficient (Wildman–Crippen LogP) is 1.22. The summed E-state index contributed by atoms with van der Waals surface area (Å²) in [5, 5.41) is 6.18. The van der Waals surface area contributed by atoms with Crippen molar-refractivity contribution in [3.63, 3.8) is 0 Å². The monoisotopic (exact) mass is 429 g/mol. The van der Waals surface area contributed by atoms with E-state index in [1.165, 1.54) is 0 Å². The lowest BCUT2D eigenvalue weighted by molar-refractivity contribution is -0.119. The summed E-state index contributed by atoms with van der Waals surface area (Å²) in [6.45, 7) is 1.71. The zero-order valence-electron chi connectivity index (χ0n) is 13.5. The second-order valence-corrected chi connectivity index (χ2v) is 6.92. The summed E-state index contributed by atoms with van der Waals surface area (Å²) < 4.78 is 7.21. The molecule has 0 aromatic carbocycles. The number of anilines is 1. The van der Waals surface area contributed by atoms with Crippen LogP contribution in [0.5, 0.6) is 0 Å². The Morgan fingerprint density at radius 3 is 2.56 bits per heavy atom. The third kappa shape index (κ3) is 5.94. The molecular formula is C14H16BrN5O4S. The summed E-state index contributed by atoms with van der Waals surface area (Å²) in [6, 6.07) is 3.22. The maximum Gasteiger partial charge on any atom is 0.286 e. The van der Waals surface area contributed by atoms with Gasteiger partial charge in [0.15, 0.2) is 5.82 Å². The lowest BCUT2D eigenvalue weighted by Crippen LogP contribution is -2.43. The Bertz CT molecular complexity index is 788. The number of aromatic nitrogens is 2. The molecule has 0 spiro atoms. The minimum absolute atomic E-state index is 0.0162. The molecule has 0 aliphatic rings. The SMILES string of the molecule is Cc1cc(NC(=O)CSCC(=O)NNC(=O)c2cc(Br)cn2C)no1. The van der Waals surface area contributed by atoms with E-state index in [9.17, 15) is 14.4 Å². The molecule has 11 heteroatoms. The van der Waals surface area contributed by atoms with Gasteiger partial charge in [-0.2, -0.15) is 0 Å². The Morgan fingerprint density at radius 2 is 1.96 bits per heavy atom. The van der Waals surface area contributed by atoms with Gasteiger partial charge in [0.2, 0.25) is 11.8 Å². The highest BCUT2D eigenvalue weighted by molar-refractivity contribution is 9.10. The van der Waals surface area contributed by atoms with Crippen LogP contribution in [-0.2, 0) is 16.6 Å². The Hall–Kier alpha value is -2.27. The molecule has 2 heterocycles. The van der Waals surface area contributed by atoms with Gasteiger partial charge in [0.05, 0.1) is 11.5 Å². The summed E-state index contributed by atoms with van der Waals surface area (Å²) in [7, 11) is 1.71. The van der Waals surface area contributed by atoms with Crippen molar-refractivity contribution in [2.24, 2.45) is 7.05 Å². The molecule has 0 unspecified atom stereocenters. The summed E-state index contributed by atoms with van der Waals surface area (Å²) >= 11 is 4.37. The number of nitrogens with zero attached hydrogens (tertiary/aromatic N) is 2. The quantitative estimate of drug-likeness (QED) is 0.594. The van der Waals surface area contributed by atoms with Gasteiger partial charge in [-0.1, -0.05) is 5.16 Å². The van der Waals surface area contributed by atoms with Crippen molar-refractivity contribution in [2.75, 3.05) is 16.8 Å². The molecule has 0 aliphatic carbocycles. The molecule has 25 heavy (non-hydrogen) atoms. The number of carbonyl (C=O) groups is 3. The van der Waals surface area contributed by atoms with Crippen molar-refractivity contribution in [1.29, 1.82) is 0 Å². The van der Waals surface area contributed by atoms with Crippen molar-refractivity contribution in [3.05, 3.63) is 34.3 Å². The zero-order valence-corrected chi connectivity index (χ0v) is 15.9. The molecule has 0 atom stereocenters. The number of halogens is 1. The van der Waals surface area contributed by atoms with E-state index in [1.54, 1.807) is 36.9 Å². The number of carbonyl (C=O) groups excluding carboxylic acids is 3. The zero-order chi connectivity index (χ0) is 18.4. The number of amides is 3. The molecule has 0 aliphatic heterocycles. The fourth-order valence-corrected chi connectivity index (χ4v) is 2.96. The van der Waals surface area contributed by atoms with E-state index in [4.69, 9.17) is 4.52 Å². The van der Waals surface area contributed by atoms with E-state index in [-0.39, 0.29) is 17.4 Å². The van der Waals surface area contributed by atoms with Crippen LogP contribution < -0.4 is 16.2 Å². The van der Waals surface area contributed by atoms with Crippen molar-refractivity contribution in [3.8, 4) is 0 Å². The molecule has 0 bridgehead atoms. The number of nitrogens with one attached hydrogen (secondary N) is 3. The first-order chi connectivity index (χ1) is 11.8. The van der Waals surface area contributed by atoms with Crippen LogP contribution in [0.4, 0.5) is 5.82 Å². The highest BCUT2D eigenvalue weighted by Gasteiger charge is 2.12. The molecule has 2 rings (SSSR count). The number of hydrogen-bond donors (Lipinski definition) is 3. The Balaban J connectivity index is 1.66. The standard InChI is InChI=1S/C14H16BrN5O4S/c1-8-3-11(19-24-8)16-12(21)6-25-7-13(22)17-18-14(23)10-4-9(15)5-20(10)2/h3-5H,6-7H2,1-2H3,(H,17,22)(H,18,23)(H,16,19,21). The molecule has 0 radical (unpaired) electrons. The van der Waals surface area contributed by atoms with E-state index >= 15 is 0 Å². The molecule has 3 amide bonds. The average molecular weight is 430 g/mol. The lowest BCUT2D eigenvalue weighted by atomic mass is 10.4. The topological polar surface area (TPSA) is 118 Å². The lowest BCUT2D eigenvalue weighted by Gasteiger charge is -2.07. The van der Waals surface area contributed by atoms with Crippen LogP contribution in [-0.4, -0.2) is 39.0 Å². The van der Waals surface area contributed by atoms with Gasteiger partial charge >= 0.3 is 0 Å². The van der Waals surface area contributed by atoms with Gasteiger partial charge in [-0.15, -0.1) is 11.8 Å². The number of hydrazine groups is 1. The van der Waals surface area contributed by atoms with Crippen LogP contribution in [0.2, 0.25) is 0 Å². The van der Waals surface area contributed by atoms with Gasteiger partial charge in [0, 0.05) is 23.8 Å². The smallest absolute Gasteiger partial charge is 0.286 e. The van der Waals surface area contributed by atoms with E-state index in [0.717, 1.165) is 16.2 Å². The molecule has 0 saturated carbocycles. The summed E-state index contributed by atoms with van der Waals surface area (Å²) in [6.07, 6.45) is 1.72. The minimum Gasteiger partial charge on any atom is -0.360 e. The van der Waals surface area contributed by atoms with Crippen LogP contribution in [0.25, 0.3) is 0 Å². The molecule has 134 valence electrons. The molecule has 2 aromatic heterocycles. The second-order valence-electron chi connectivity index (χ2n) is 5.02. The Labute approximate surface area is 156 Å². The van der Waals surface area contributed by atoms with Gasteiger partial charge in [-0.25, -0.2) is 0 Å². The third-order valence-corrected chi connectivity index (χ3v) is 4.25. The first-order valence-electron chi connectivity index (χ1n) is 7.07. The Kier molecular flexibility index (Phi) is 6.65. The first-order valence-corrected chi connectivity index (χ1v) is 9.02. The molecule has 0 saturated heterocycles.